The Kier molecular flexibility index (Phi) is 3.52. The summed E-state index contributed by atoms with van der Waals surface area (Å²) in [7, 11) is 0. The van der Waals surface area contributed by atoms with Crippen LogP contribution >= 0.6 is 0 Å². The summed E-state index contributed by atoms with van der Waals surface area (Å²) in [5.74, 6) is -3.07. The molecule has 0 aliphatic carbocycles. The molecule has 2 fully saturated rings. The van der Waals surface area contributed by atoms with Crippen molar-refractivity contribution in [1.82, 2.24) is 10.2 Å². The van der Waals surface area contributed by atoms with Crippen LogP contribution in [0.25, 0.3) is 0 Å². The van der Waals surface area contributed by atoms with Crippen LogP contribution in [0, 0.1) is 11.8 Å². The molecule has 8 heteroatoms. The Morgan fingerprint density at radius 1 is 0.944 bits per heavy atom. The Balaban J connectivity index is 2.01. The van der Waals surface area contributed by atoms with Crippen LogP contribution in [0.15, 0.2) is 0 Å². The molecule has 2 saturated heterocycles. The van der Waals surface area contributed by atoms with Gasteiger partial charge in [0.25, 0.3) is 0 Å². The highest BCUT2D eigenvalue weighted by Crippen LogP contribution is 2.39. The first-order valence-corrected chi connectivity index (χ1v) is 5.80. The summed E-state index contributed by atoms with van der Waals surface area (Å²) in [5, 5.41) is 2.67. The maximum absolute atomic E-state index is 12.7. The zero-order chi connectivity index (χ0) is 13.6. The minimum Gasteiger partial charge on any atom is -0.301 e. The van der Waals surface area contributed by atoms with E-state index in [4.69, 9.17) is 0 Å². The number of hydrogen-bond acceptors (Lipinski definition) is 2. The van der Waals surface area contributed by atoms with Crippen LogP contribution in [0.4, 0.5) is 26.3 Å². The molecule has 0 amide bonds. The molecule has 0 bridgehead atoms. The Labute approximate surface area is 100 Å². The number of nitrogens with one attached hydrogen (secondary N) is 1. The Bertz CT molecular complexity index is 300. The van der Waals surface area contributed by atoms with Crippen molar-refractivity contribution in [1.29, 1.82) is 0 Å². The molecule has 0 aromatic rings. The molecule has 2 aliphatic rings. The molecule has 0 spiro atoms. The lowest BCUT2D eigenvalue weighted by atomic mass is 10.0. The van der Waals surface area contributed by atoms with Gasteiger partial charge in [-0.05, 0) is 19.4 Å². The van der Waals surface area contributed by atoms with E-state index in [1.54, 1.807) is 0 Å². The highest BCUT2D eigenvalue weighted by Gasteiger charge is 2.52. The number of hydrogen-bond donors (Lipinski definition) is 1. The smallest absolute Gasteiger partial charge is 0.301 e. The monoisotopic (exact) mass is 276 g/mol. The van der Waals surface area contributed by atoms with Gasteiger partial charge < -0.3 is 5.32 Å². The summed E-state index contributed by atoms with van der Waals surface area (Å²) in [6.07, 6.45) is -9.86. The minimum absolute atomic E-state index is 0.0639. The van der Waals surface area contributed by atoms with E-state index < -0.39 is 30.4 Å². The van der Waals surface area contributed by atoms with Gasteiger partial charge in [-0.25, -0.2) is 0 Å². The van der Waals surface area contributed by atoms with Crippen molar-refractivity contribution in [2.75, 3.05) is 19.6 Å². The van der Waals surface area contributed by atoms with Gasteiger partial charge in [-0.2, -0.15) is 26.3 Å². The normalized spacial score (nSPS) is 35.3. The summed E-state index contributed by atoms with van der Waals surface area (Å²) in [5.41, 5.74) is 0. The molecule has 1 N–H and O–H groups in total. The van der Waals surface area contributed by atoms with Crippen molar-refractivity contribution in [2.24, 2.45) is 11.8 Å². The van der Waals surface area contributed by atoms with Crippen molar-refractivity contribution in [2.45, 2.75) is 31.4 Å². The van der Waals surface area contributed by atoms with Crippen molar-refractivity contribution >= 4 is 0 Å². The van der Waals surface area contributed by atoms with Crippen LogP contribution in [0.1, 0.15) is 12.8 Å². The molecular formula is C10H14F6N2. The van der Waals surface area contributed by atoms with Gasteiger partial charge in [-0.1, -0.05) is 0 Å². The molecule has 2 nitrogen and oxygen atoms in total. The molecule has 2 aliphatic heterocycles. The fourth-order valence-corrected chi connectivity index (χ4v) is 2.72. The van der Waals surface area contributed by atoms with Crippen molar-refractivity contribution in [3.05, 3.63) is 0 Å². The van der Waals surface area contributed by atoms with Gasteiger partial charge in [-0.15, -0.1) is 0 Å². The molecule has 0 saturated carbocycles. The van der Waals surface area contributed by atoms with Crippen LogP contribution in [0.2, 0.25) is 0 Å². The number of halogens is 6. The maximum Gasteiger partial charge on any atom is 0.394 e. The molecule has 0 radical (unpaired) electrons. The highest BCUT2D eigenvalue weighted by molar-refractivity contribution is 4.92. The van der Waals surface area contributed by atoms with Crippen molar-refractivity contribution in [3.63, 3.8) is 0 Å². The predicted molar refractivity (Wildman–Crippen MR) is 51.7 cm³/mol. The third-order valence-corrected chi connectivity index (χ3v) is 3.69. The Morgan fingerprint density at radius 2 is 1.61 bits per heavy atom. The average Bonchev–Trinajstić information content (AvgIpc) is 2.84. The number of alkyl halides is 6. The third-order valence-electron chi connectivity index (χ3n) is 3.69. The topological polar surface area (TPSA) is 15.3 Å². The Hall–Kier alpha value is -0.500. The number of rotatable bonds is 1. The largest absolute Gasteiger partial charge is 0.394 e. The lowest BCUT2D eigenvalue weighted by molar-refractivity contribution is -0.189. The summed E-state index contributed by atoms with van der Waals surface area (Å²) in [6, 6.07) is 0. The highest BCUT2D eigenvalue weighted by atomic mass is 19.4. The second-order valence-corrected chi connectivity index (χ2v) is 4.86. The maximum atomic E-state index is 12.7. The molecular weight excluding hydrogens is 262 g/mol. The summed E-state index contributed by atoms with van der Waals surface area (Å²) < 4.78 is 75.6. The average molecular weight is 276 g/mol. The molecule has 3 atom stereocenters. The van der Waals surface area contributed by atoms with Gasteiger partial charge in [0.2, 0.25) is 0 Å². The van der Waals surface area contributed by atoms with Gasteiger partial charge in [0.05, 0.1) is 18.0 Å². The van der Waals surface area contributed by atoms with Crippen LogP contribution in [-0.2, 0) is 0 Å². The first-order chi connectivity index (χ1) is 8.19. The molecule has 2 heterocycles. The summed E-state index contributed by atoms with van der Waals surface area (Å²) in [4.78, 5) is 1.28. The van der Waals surface area contributed by atoms with Gasteiger partial charge in [0, 0.05) is 13.1 Å². The zero-order valence-electron chi connectivity index (χ0n) is 9.48. The van der Waals surface area contributed by atoms with E-state index >= 15 is 0 Å². The molecule has 0 aromatic carbocycles. The van der Waals surface area contributed by atoms with Gasteiger partial charge >= 0.3 is 12.4 Å². The molecule has 18 heavy (non-hydrogen) atoms. The van der Waals surface area contributed by atoms with E-state index in [1.807, 2.05) is 0 Å². The first kappa shape index (κ1) is 13.9. The van der Waals surface area contributed by atoms with E-state index in [0.29, 0.717) is 0 Å². The van der Waals surface area contributed by atoms with Crippen LogP contribution < -0.4 is 5.32 Å². The van der Waals surface area contributed by atoms with Gasteiger partial charge in [-0.3, -0.25) is 4.90 Å². The molecule has 2 unspecified atom stereocenters. The van der Waals surface area contributed by atoms with E-state index in [1.165, 1.54) is 4.90 Å². The van der Waals surface area contributed by atoms with Crippen LogP contribution in [-0.4, -0.2) is 43.1 Å². The summed E-state index contributed by atoms with van der Waals surface area (Å²) >= 11 is 0. The third kappa shape index (κ3) is 2.74. The Morgan fingerprint density at radius 3 is 2.11 bits per heavy atom. The van der Waals surface area contributed by atoms with Crippen LogP contribution in [0.5, 0.6) is 0 Å². The molecule has 106 valence electrons. The fourth-order valence-electron chi connectivity index (χ4n) is 2.72. The quantitative estimate of drug-likeness (QED) is 0.740. The predicted octanol–water partition coefficient (Wildman–Crippen LogP) is 2.37. The first-order valence-electron chi connectivity index (χ1n) is 5.80. The van der Waals surface area contributed by atoms with Crippen molar-refractivity contribution in [3.8, 4) is 0 Å². The fraction of sp³-hybridized carbons (Fsp3) is 1.00. The molecule has 2 rings (SSSR count). The lowest BCUT2D eigenvalue weighted by Crippen LogP contribution is -2.48. The second-order valence-electron chi connectivity index (χ2n) is 4.86. The van der Waals surface area contributed by atoms with E-state index in [0.717, 1.165) is 0 Å². The van der Waals surface area contributed by atoms with Crippen LogP contribution in [0.3, 0.4) is 0 Å². The van der Waals surface area contributed by atoms with E-state index in [-0.39, 0.29) is 32.5 Å². The minimum atomic E-state index is -4.36. The summed E-state index contributed by atoms with van der Waals surface area (Å²) in [6.45, 7) is -0.0792. The zero-order valence-corrected chi connectivity index (χ0v) is 9.48. The molecule has 0 aromatic heterocycles. The van der Waals surface area contributed by atoms with Gasteiger partial charge in [0.1, 0.15) is 0 Å². The standard InChI is InChI=1S/C10H14F6N2/c11-9(12,13)6-2-4-18(5-6)8-7(1-3-17-8)10(14,15)16/h6-8,17H,1-5H2/t6?,7-,8?/m0/s1. The second kappa shape index (κ2) is 4.56. The van der Waals surface area contributed by atoms with Gasteiger partial charge in [0.15, 0.2) is 0 Å². The lowest BCUT2D eigenvalue weighted by Gasteiger charge is -2.30. The van der Waals surface area contributed by atoms with E-state index in [9.17, 15) is 26.3 Å². The van der Waals surface area contributed by atoms with Crippen molar-refractivity contribution < 1.29 is 26.3 Å². The van der Waals surface area contributed by atoms with E-state index in [2.05, 4.69) is 5.32 Å². The number of nitrogens with zero attached hydrogens (tertiary/aromatic N) is 1. The number of likely N-dealkylation sites (tertiary alicyclic amines) is 1. The SMILES string of the molecule is FC(F)(F)C1CCN(C2NCC[C@@H]2C(F)(F)F)C1.